The minimum atomic E-state index is -0.355. The smallest absolute Gasteiger partial charge is 0.341 e. The van der Waals surface area contributed by atoms with E-state index in [1.165, 1.54) is 0 Å². The van der Waals surface area contributed by atoms with Gasteiger partial charge in [-0.2, -0.15) is 5.10 Å². The molecule has 0 spiro atoms. The second kappa shape index (κ2) is 6.49. The summed E-state index contributed by atoms with van der Waals surface area (Å²) in [5, 5.41) is 4.39. The molecular formula is C15H20N4O2. The maximum atomic E-state index is 11.9. The molecule has 2 heterocycles. The molecule has 2 aromatic rings. The molecule has 2 rings (SSSR count). The van der Waals surface area contributed by atoms with E-state index < -0.39 is 0 Å². The minimum absolute atomic E-state index is 0.346. The lowest BCUT2D eigenvalue weighted by molar-refractivity contribution is 0.0525. The van der Waals surface area contributed by atoms with Crippen molar-refractivity contribution in [2.24, 2.45) is 0 Å². The Balaban J connectivity index is 2.39. The van der Waals surface area contributed by atoms with Crippen molar-refractivity contribution in [1.29, 1.82) is 0 Å². The number of hydrogen-bond acceptors (Lipinski definition) is 5. The van der Waals surface area contributed by atoms with Crippen LogP contribution < -0.4 is 0 Å². The first-order valence-electron chi connectivity index (χ1n) is 6.85. The Hall–Kier alpha value is -2.21. The number of nitrogens with zero attached hydrogens (tertiary/aromatic N) is 4. The molecule has 112 valence electrons. The third kappa shape index (κ3) is 3.46. The quantitative estimate of drug-likeness (QED) is 0.785. The molecule has 2 aromatic heterocycles. The Bertz CT molecular complexity index is 634. The van der Waals surface area contributed by atoms with Gasteiger partial charge in [-0.3, -0.25) is 0 Å². The van der Waals surface area contributed by atoms with Crippen LogP contribution in [-0.2, 0) is 11.3 Å². The molecule has 0 radical (unpaired) electrons. The van der Waals surface area contributed by atoms with Crippen molar-refractivity contribution >= 4 is 5.97 Å². The highest BCUT2D eigenvalue weighted by atomic mass is 16.5. The predicted molar refractivity (Wildman–Crippen MR) is 79.4 cm³/mol. The van der Waals surface area contributed by atoms with Crippen LogP contribution in [0.2, 0.25) is 0 Å². The Kier molecular flexibility index (Phi) is 4.70. The Morgan fingerprint density at radius 2 is 2.19 bits per heavy atom. The monoisotopic (exact) mass is 288 g/mol. The van der Waals surface area contributed by atoms with E-state index in [1.807, 2.05) is 26.2 Å². The van der Waals surface area contributed by atoms with Crippen LogP contribution in [-0.4, -0.2) is 46.3 Å². The molecule has 0 saturated heterocycles. The van der Waals surface area contributed by atoms with Gasteiger partial charge in [-0.1, -0.05) is 6.07 Å². The summed E-state index contributed by atoms with van der Waals surface area (Å²) < 4.78 is 6.67. The summed E-state index contributed by atoms with van der Waals surface area (Å²) in [4.78, 5) is 18.3. The largest absolute Gasteiger partial charge is 0.462 e. The lowest BCUT2D eigenvalue weighted by Crippen LogP contribution is -2.14. The van der Waals surface area contributed by atoms with Crippen molar-refractivity contribution in [3.63, 3.8) is 0 Å². The van der Waals surface area contributed by atoms with Crippen molar-refractivity contribution in [1.82, 2.24) is 19.7 Å². The normalized spacial score (nSPS) is 10.9. The van der Waals surface area contributed by atoms with Gasteiger partial charge in [-0.25, -0.2) is 14.5 Å². The third-order valence-corrected chi connectivity index (χ3v) is 2.97. The van der Waals surface area contributed by atoms with Gasteiger partial charge >= 0.3 is 5.97 Å². The highest BCUT2D eigenvalue weighted by Gasteiger charge is 2.17. The Labute approximate surface area is 124 Å². The van der Waals surface area contributed by atoms with Gasteiger partial charge < -0.3 is 9.64 Å². The van der Waals surface area contributed by atoms with Crippen molar-refractivity contribution in [3.8, 4) is 5.82 Å². The number of rotatable bonds is 5. The molecule has 0 amide bonds. The molecule has 0 aromatic carbocycles. The van der Waals surface area contributed by atoms with Crippen LogP contribution >= 0.6 is 0 Å². The number of esters is 1. The number of aromatic nitrogens is 3. The molecule has 21 heavy (non-hydrogen) atoms. The fraction of sp³-hybridized carbons (Fsp3) is 0.400. The first-order valence-corrected chi connectivity index (χ1v) is 6.85. The molecular weight excluding hydrogens is 268 g/mol. The Morgan fingerprint density at radius 1 is 1.43 bits per heavy atom. The van der Waals surface area contributed by atoms with E-state index in [0.29, 0.717) is 17.9 Å². The highest BCUT2D eigenvalue weighted by Crippen LogP contribution is 2.16. The van der Waals surface area contributed by atoms with Crippen LogP contribution in [0.5, 0.6) is 0 Å². The van der Waals surface area contributed by atoms with Gasteiger partial charge in [0.1, 0.15) is 5.56 Å². The Morgan fingerprint density at radius 3 is 2.86 bits per heavy atom. The molecule has 6 heteroatoms. The van der Waals surface area contributed by atoms with E-state index in [2.05, 4.69) is 15.0 Å². The fourth-order valence-electron chi connectivity index (χ4n) is 2.08. The minimum Gasteiger partial charge on any atom is -0.462 e. The van der Waals surface area contributed by atoms with Crippen molar-refractivity contribution < 1.29 is 9.53 Å². The maximum absolute atomic E-state index is 11.9. The second-order valence-electron chi connectivity index (χ2n) is 5.02. The van der Waals surface area contributed by atoms with Gasteiger partial charge in [0.25, 0.3) is 0 Å². The van der Waals surface area contributed by atoms with Crippen LogP contribution in [0.25, 0.3) is 5.82 Å². The number of aryl methyl sites for hydroxylation is 1. The topological polar surface area (TPSA) is 60.3 Å². The first kappa shape index (κ1) is 15.2. The van der Waals surface area contributed by atoms with E-state index in [9.17, 15) is 4.79 Å². The van der Waals surface area contributed by atoms with Crippen molar-refractivity contribution in [2.45, 2.75) is 20.4 Å². The van der Waals surface area contributed by atoms with E-state index >= 15 is 0 Å². The van der Waals surface area contributed by atoms with Crippen LogP contribution in [0.15, 0.2) is 24.5 Å². The van der Waals surface area contributed by atoms with Crippen molar-refractivity contribution in [2.75, 3.05) is 20.7 Å². The van der Waals surface area contributed by atoms with Crippen LogP contribution in [0.1, 0.15) is 28.5 Å². The molecule has 6 nitrogen and oxygen atoms in total. The molecule has 0 N–H and O–H groups in total. The molecule has 0 fully saturated rings. The zero-order valence-corrected chi connectivity index (χ0v) is 12.8. The van der Waals surface area contributed by atoms with E-state index in [0.717, 1.165) is 17.9 Å². The zero-order valence-electron chi connectivity index (χ0n) is 12.8. The SMILES string of the molecule is CCOC(=O)c1cn(-c2ncccc2CN(C)C)nc1C. The summed E-state index contributed by atoms with van der Waals surface area (Å²) in [5.41, 5.74) is 2.15. The first-order chi connectivity index (χ1) is 10.0. The molecule has 0 saturated carbocycles. The standard InChI is InChI=1S/C15H20N4O2/c1-5-21-15(20)13-10-19(17-11(13)2)14-12(9-18(3)4)7-6-8-16-14/h6-8,10H,5,9H2,1-4H3. The van der Waals surface area contributed by atoms with Gasteiger partial charge in [0.05, 0.1) is 12.3 Å². The summed E-state index contributed by atoms with van der Waals surface area (Å²) in [7, 11) is 3.99. The summed E-state index contributed by atoms with van der Waals surface area (Å²) in [6, 6.07) is 3.90. The van der Waals surface area contributed by atoms with Gasteiger partial charge in [0, 0.05) is 24.5 Å². The van der Waals surface area contributed by atoms with E-state index in [-0.39, 0.29) is 5.97 Å². The summed E-state index contributed by atoms with van der Waals surface area (Å²) in [6.07, 6.45) is 3.39. The molecule has 0 bridgehead atoms. The lowest BCUT2D eigenvalue weighted by atomic mass is 10.2. The van der Waals surface area contributed by atoms with E-state index in [4.69, 9.17) is 4.74 Å². The second-order valence-corrected chi connectivity index (χ2v) is 5.02. The maximum Gasteiger partial charge on any atom is 0.341 e. The molecule has 0 unspecified atom stereocenters. The lowest BCUT2D eigenvalue weighted by Gasteiger charge is -2.12. The number of ether oxygens (including phenoxy) is 1. The molecule has 0 aliphatic carbocycles. The molecule has 0 aliphatic heterocycles. The summed E-state index contributed by atoms with van der Waals surface area (Å²) in [5.74, 6) is 0.371. The van der Waals surface area contributed by atoms with Gasteiger partial charge in [-0.15, -0.1) is 0 Å². The average Bonchev–Trinajstić information content (AvgIpc) is 2.81. The van der Waals surface area contributed by atoms with Crippen LogP contribution in [0, 0.1) is 6.92 Å². The van der Waals surface area contributed by atoms with E-state index in [1.54, 1.807) is 30.9 Å². The van der Waals surface area contributed by atoms with Crippen LogP contribution in [0.3, 0.4) is 0 Å². The summed E-state index contributed by atoms with van der Waals surface area (Å²) in [6.45, 7) is 4.67. The zero-order chi connectivity index (χ0) is 15.4. The number of hydrogen-bond donors (Lipinski definition) is 0. The predicted octanol–water partition coefficient (Wildman–Crippen LogP) is 1.81. The number of pyridine rings is 1. The number of carbonyl (C=O) groups excluding carboxylic acids is 1. The van der Waals surface area contributed by atoms with Gasteiger partial charge in [0.15, 0.2) is 5.82 Å². The molecule has 0 aliphatic rings. The third-order valence-electron chi connectivity index (χ3n) is 2.97. The molecule has 0 atom stereocenters. The van der Waals surface area contributed by atoms with Crippen molar-refractivity contribution in [3.05, 3.63) is 41.3 Å². The van der Waals surface area contributed by atoms with Crippen LogP contribution in [0.4, 0.5) is 0 Å². The summed E-state index contributed by atoms with van der Waals surface area (Å²) >= 11 is 0. The van der Waals surface area contributed by atoms with Gasteiger partial charge in [-0.05, 0) is 34.0 Å². The van der Waals surface area contributed by atoms with Gasteiger partial charge in [0.2, 0.25) is 0 Å². The fourth-order valence-corrected chi connectivity index (χ4v) is 2.08. The number of carbonyl (C=O) groups is 1. The highest BCUT2D eigenvalue weighted by molar-refractivity contribution is 5.90. The average molecular weight is 288 g/mol.